The summed E-state index contributed by atoms with van der Waals surface area (Å²) in [5, 5.41) is 0. The van der Waals surface area contributed by atoms with E-state index in [9.17, 15) is 17.6 Å². The van der Waals surface area contributed by atoms with E-state index in [4.69, 9.17) is 10.3 Å². The van der Waals surface area contributed by atoms with Crippen LogP contribution in [0.5, 0.6) is 0 Å². The molecule has 1 amide bonds. The molecule has 3 N–H and O–H groups in total. The molecular formula is C18H22FNO4S. The molecule has 0 aromatic heterocycles. The number of hydrogen-bond donors (Lipinski definition) is 2. The van der Waals surface area contributed by atoms with Gasteiger partial charge in [-0.05, 0) is 30.0 Å². The van der Waals surface area contributed by atoms with Crippen LogP contribution in [0.1, 0.15) is 18.9 Å². The fraction of sp³-hybridized carbons (Fsp3) is 0.278. The smallest absolute Gasteiger partial charge is 0.261 e. The van der Waals surface area contributed by atoms with Gasteiger partial charge in [0, 0.05) is 11.5 Å². The van der Waals surface area contributed by atoms with E-state index in [1.54, 1.807) is 12.1 Å². The lowest BCUT2D eigenvalue weighted by Crippen LogP contribution is -2.20. The molecular weight excluding hydrogens is 345 g/mol. The Balaban J connectivity index is 0.000000550. The largest absolute Gasteiger partial charge is 0.369 e. The number of benzene rings is 2. The lowest BCUT2D eigenvalue weighted by atomic mass is 9.98. The van der Waals surface area contributed by atoms with E-state index in [0.717, 1.165) is 24.0 Å². The van der Waals surface area contributed by atoms with Crippen LogP contribution in [0.25, 0.3) is 11.1 Å². The standard InChI is InChI=1S/C17H18FNO.CH4O3S/c1-12(17(19)20)6-7-13-8-10-14(11-9-13)15-4-2-3-5-16(15)18;1-5(2,3)4/h2-5,8-12H,6-7H2,1H3,(H2,19,20);1H3,(H,2,3,4)/t12-;/m1./s1. The first kappa shape index (κ1) is 20.8. The molecule has 0 fully saturated rings. The van der Waals surface area contributed by atoms with Crippen LogP contribution >= 0.6 is 0 Å². The lowest BCUT2D eigenvalue weighted by molar-refractivity contribution is -0.121. The molecule has 136 valence electrons. The number of nitrogens with two attached hydrogens (primary N) is 1. The van der Waals surface area contributed by atoms with Gasteiger partial charge in [0.1, 0.15) is 5.82 Å². The lowest BCUT2D eigenvalue weighted by Gasteiger charge is -2.08. The molecule has 0 heterocycles. The third kappa shape index (κ3) is 8.42. The van der Waals surface area contributed by atoms with Crippen LogP contribution in [-0.4, -0.2) is 25.1 Å². The van der Waals surface area contributed by atoms with Crippen molar-refractivity contribution in [2.75, 3.05) is 6.26 Å². The Bertz CT molecular complexity index is 796. The molecule has 0 aliphatic heterocycles. The van der Waals surface area contributed by atoms with Gasteiger partial charge in [0.15, 0.2) is 0 Å². The summed E-state index contributed by atoms with van der Waals surface area (Å²) in [6, 6.07) is 14.5. The fourth-order valence-corrected chi connectivity index (χ4v) is 2.07. The van der Waals surface area contributed by atoms with Crippen LogP contribution in [0.4, 0.5) is 4.39 Å². The number of rotatable bonds is 5. The third-order valence-corrected chi connectivity index (χ3v) is 3.49. The van der Waals surface area contributed by atoms with Gasteiger partial charge in [0.05, 0.1) is 6.26 Å². The molecule has 0 saturated heterocycles. The minimum absolute atomic E-state index is 0.124. The highest BCUT2D eigenvalue weighted by molar-refractivity contribution is 7.85. The summed E-state index contributed by atoms with van der Waals surface area (Å²) >= 11 is 0. The highest BCUT2D eigenvalue weighted by atomic mass is 32.2. The zero-order valence-electron chi connectivity index (χ0n) is 14.1. The molecule has 2 rings (SSSR count). The maximum atomic E-state index is 13.7. The molecule has 0 aliphatic rings. The van der Waals surface area contributed by atoms with Gasteiger partial charge in [-0.1, -0.05) is 49.4 Å². The highest BCUT2D eigenvalue weighted by Gasteiger charge is 2.09. The molecule has 2 aromatic carbocycles. The van der Waals surface area contributed by atoms with Gasteiger partial charge in [-0.15, -0.1) is 0 Å². The van der Waals surface area contributed by atoms with Gasteiger partial charge in [0.2, 0.25) is 5.91 Å². The minimum atomic E-state index is -3.67. The zero-order valence-corrected chi connectivity index (χ0v) is 15.0. The van der Waals surface area contributed by atoms with E-state index >= 15 is 0 Å². The van der Waals surface area contributed by atoms with Gasteiger partial charge in [-0.3, -0.25) is 9.35 Å². The van der Waals surface area contributed by atoms with E-state index < -0.39 is 10.1 Å². The first-order chi connectivity index (χ1) is 11.6. The number of carbonyl (C=O) groups is 1. The maximum Gasteiger partial charge on any atom is 0.261 e. The third-order valence-electron chi connectivity index (χ3n) is 3.49. The second-order valence-electron chi connectivity index (χ2n) is 5.75. The molecule has 5 nitrogen and oxygen atoms in total. The first-order valence-electron chi connectivity index (χ1n) is 7.63. The molecule has 0 bridgehead atoms. The Morgan fingerprint density at radius 1 is 1.16 bits per heavy atom. The topological polar surface area (TPSA) is 97.5 Å². The van der Waals surface area contributed by atoms with Crippen molar-refractivity contribution in [3.05, 3.63) is 59.9 Å². The van der Waals surface area contributed by atoms with Crippen LogP contribution in [0.15, 0.2) is 48.5 Å². The quantitative estimate of drug-likeness (QED) is 0.794. The summed E-state index contributed by atoms with van der Waals surface area (Å²) in [5.74, 6) is -0.614. The summed E-state index contributed by atoms with van der Waals surface area (Å²) < 4.78 is 39.5. The van der Waals surface area contributed by atoms with Crippen molar-refractivity contribution >= 4 is 16.0 Å². The van der Waals surface area contributed by atoms with Crippen LogP contribution in [0, 0.1) is 11.7 Å². The van der Waals surface area contributed by atoms with Crippen molar-refractivity contribution in [1.29, 1.82) is 0 Å². The maximum absolute atomic E-state index is 13.7. The normalized spacial score (nSPS) is 12.0. The Morgan fingerprint density at radius 2 is 1.68 bits per heavy atom. The van der Waals surface area contributed by atoms with Gasteiger partial charge in [-0.2, -0.15) is 8.42 Å². The SMILES string of the molecule is CS(=O)(=O)O.C[C@H](CCc1ccc(-c2ccccc2F)cc1)C(N)=O. The van der Waals surface area contributed by atoms with Crippen LogP contribution < -0.4 is 5.73 Å². The van der Waals surface area contributed by atoms with Crippen LogP contribution in [-0.2, 0) is 21.3 Å². The summed E-state index contributed by atoms with van der Waals surface area (Å²) in [7, 11) is -3.67. The average Bonchev–Trinajstić information content (AvgIpc) is 2.52. The second-order valence-corrected chi connectivity index (χ2v) is 7.22. The van der Waals surface area contributed by atoms with Gasteiger partial charge >= 0.3 is 0 Å². The fourth-order valence-electron chi connectivity index (χ4n) is 2.07. The van der Waals surface area contributed by atoms with Gasteiger partial charge in [0.25, 0.3) is 10.1 Å². The van der Waals surface area contributed by atoms with Crippen molar-refractivity contribution in [3.8, 4) is 11.1 Å². The van der Waals surface area contributed by atoms with Crippen molar-refractivity contribution < 1.29 is 22.2 Å². The van der Waals surface area contributed by atoms with Crippen LogP contribution in [0.3, 0.4) is 0 Å². The highest BCUT2D eigenvalue weighted by Crippen LogP contribution is 2.23. The molecule has 0 aliphatic carbocycles. The molecule has 2 aromatic rings. The van der Waals surface area contributed by atoms with Crippen molar-refractivity contribution in [1.82, 2.24) is 0 Å². The molecule has 1 atom stereocenters. The molecule has 0 spiro atoms. The zero-order chi connectivity index (χ0) is 19.0. The summed E-state index contributed by atoms with van der Waals surface area (Å²) in [6.45, 7) is 1.83. The molecule has 7 heteroatoms. The van der Waals surface area contributed by atoms with E-state index in [1.165, 1.54) is 6.07 Å². The van der Waals surface area contributed by atoms with E-state index in [1.807, 2.05) is 37.3 Å². The molecule has 0 radical (unpaired) electrons. The predicted molar refractivity (Wildman–Crippen MR) is 96.0 cm³/mol. The summed E-state index contributed by atoms with van der Waals surface area (Å²) in [4.78, 5) is 11.0. The Labute approximate surface area is 147 Å². The van der Waals surface area contributed by atoms with Crippen molar-refractivity contribution in [2.45, 2.75) is 19.8 Å². The first-order valence-corrected chi connectivity index (χ1v) is 9.48. The van der Waals surface area contributed by atoms with Crippen LogP contribution in [0.2, 0.25) is 0 Å². The van der Waals surface area contributed by atoms with Crippen molar-refractivity contribution in [2.24, 2.45) is 11.7 Å². The summed E-state index contributed by atoms with van der Waals surface area (Å²) in [5.41, 5.74) is 7.82. The molecule has 25 heavy (non-hydrogen) atoms. The van der Waals surface area contributed by atoms with Gasteiger partial charge < -0.3 is 5.73 Å². The molecule has 0 saturated carbocycles. The van der Waals surface area contributed by atoms with E-state index in [-0.39, 0.29) is 17.6 Å². The number of carbonyl (C=O) groups excluding carboxylic acids is 1. The Hall–Kier alpha value is -2.25. The van der Waals surface area contributed by atoms with Crippen molar-refractivity contribution in [3.63, 3.8) is 0 Å². The summed E-state index contributed by atoms with van der Waals surface area (Å²) in [6.07, 6.45) is 2.24. The van der Waals surface area contributed by atoms with E-state index in [0.29, 0.717) is 11.8 Å². The monoisotopic (exact) mass is 367 g/mol. The average molecular weight is 367 g/mol. The Morgan fingerprint density at radius 3 is 2.16 bits per heavy atom. The Kier molecular flexibility index (Phi) is 7.73. The number of hydrogen-bond acceptors (Lipinski definition) is 3. The number of aryl methyl sites for hydroxylation is 1. The predicted octanol–water partition coefficient (Wildman–Crippen LogP) is 3.05. The minimum Gasteiger partial charge on any atom is -0.369 e. The number of primary amides is 1. The van der Waals surface area contributed by atoms with Gasteiger partial charge in [-0.25, -0.2) is 4.39 Å². The number of halogens is 1. The number of amides is 1. The second kappa shape index (κ2) is 9.29. The molecule has 0 unspecified atom stereocenters. The van der Waals surface area contributed by atoms with E-state index in [2.05, 4.69) is 0 Å².